The molecule has 82 valence electrons. The van der Waals surface area contributed by atoms with Gasteiger partial charge in [-0.15, -0.1) is 0 Å². The molecule has 5 heteroatoms. The standard InChI is InChI=1S/C10H13NO4/c1-3-15-10(13)6-4-9(14-2)8(12)5-7(6)11/h4-5,12H,3,11H2,1-2H3. The number of rotatable bonds is 3. The van der Waals surface area contributed by atoms with Gasteiger partial charge < -0.3 is 20.3 Å². The van der Waals surface area contributed by atoms with Gasteiger partial charge in [-0.25, -0.2) is 4.79 Å². The smallest absolute Gasteiger partial charge is 0.340 e. The fraction of sp³-hybridized carbons (Fsp3) is 0.300. The molecule has 0 atom stereocenters. The van der Waals surface area contributed by atoms with Crippen molar-refractivity contribution in [1.29, 1.82) is 0 Å². The Morgan fingerprint density at radius 1 is 1.53 bits per heavy atom. The number of hydrogen-bond donors (Lipinski definition) is 2. The Morgan fingerprint density at radius 2 is 2.20 bits per heavy atom. The first kappa shape index (κ1) is 11.2. The zero-order chi connectivity index (χ0) is 11.4. The quantitative estimate of drug-likeness (QED) is 0.579. The number of esters is 1. The van der Waals surface area contributed by atoms with E-state index in [1.807, 2.05) is 0 Å². The predicted molar refractivity (Wildman–Crippen MR) is 55.0 cm³/mol. The molecular formula is C10H13NO4. The Bertz CT molecular complexity index is 376. The van der Waals surface area contributed by atoms with E-state index in [1.165, 1.54) is 19.2 Å². The maximum Gasteiger partial charge on any atom is 0.340 e. The second kappa shape index (κ2) is 4.54. The maximum atomic E-state index is 11.4. The van der Waals surface area contributed by atoms with Gasteiger partial charge in [0.1, 0.15) is 0 Å². The Kier molecular flexibility index (Phi) is 3.38. The highest BCUT2D eigenvalue weighted by atomic mass is 16.5. The van der Waals surface area contributed by atoms with Gasteiger partial charge in [-0.05, 0) is 6.92 Å². The van der Waals surface area contributed by atoms with E-state index in [9.17, 15) is 9.90 Å². The summed E-state index contributed by atoms with van der Waals surface area (Å²) in [5.41, 5.74) is 5.91. The van der Waals surface area contributed by atoms with Crippen molar-refractivity contribution in [2.45, 2.75) is 6.92 Å². The number of nitrogens with two attached hydrogens (primary N) is 1. The number of carbonyl (C=O) groups excluding carboxylic acids is 1. The van der Waals surface area contributed by atoms with Crippen LogP contribution in [0.1, 0.15) is 17.3 Å². The highest BCUT2D eigenvalue weighted by Gasteiger charge is 2.14. The number of phenolic OH excluding ortho intramolecular Hbond substituents is 1. The molecule has 0 amide bonds. The summed E-state index contributed by atoms with van der Waals surface area (Å²) in [4.78, 5) is 11.4. The SMILES string of the molecule is CCOC(=O)c1cc(OC)c(O)cc1N. The average molecular weight is 211 g/mol. The third-order valence-electron chi connectivity index (χ3n) is 1.85. The fourth-order valence-electron chi connectivity index (χ4n) is 1.13. The van der Waals surface area contributed by atoms with Gasteiger partial charge in [-0.1, -0.05) is 0 Å². The highest BCUT2D eigenvalue weighted by Crippen LogP contribution is 2.31. The van der Waals surface area contributed by atoms with Crippen LogP contribution in [0.3, 0.4) is 0 Å². The Morgan fingerprint density at radius 3 is 2.73 bits per heavy atom. The molecule has 5 nitrogen and oxygen atoms in total. The van der Waals surface area contributed by atoms with Crippen LogP contribution in [0.4, 0.5) is 5.69 Å². The summed E-state index contributed by atoms with van der Waals surface area (Å²) in [6.07, 6.45) is 0. The molecule has 0 spiro atoms. The maximum absolute atomic E-state index is 11.4. The van der Waals surface area contributed by atoms with Crippen molar-refractivity contribution in [2.24, 2.45) is 0 Å². The van der Waals surface area contributed by atoms with Gasteiger partial charge in [0.25, 0.3) is 0 Å². The molecule has 0 saturated heterocycles. The van der Waals surface area contributed by atoms with E-state index in [1.54, 1.807) is 6.92 Å². The number of carbonyl (C=O) groups is 1. The van der Waals surface area contributed by atoms with Gasteiger partial charge in [-0.2, -0.15) is 0 Å². The lowest BCUT2D eigenvalue weighted by atomic mass is 10.1. The van der Waals surface area contributed by atoms with Crippen molar-refractivity contribution >= 4 is 11.7 Å². The van der Waals surface area contributed by atoms with Crippen molar-refractivity contribution in [2.75, 3.05) is 19.5 Å². The predicted octanol–water partition coefficient (Wildman–Crippen LogP) is 1.16. The lowest BCUT2D eigenvalue weighted by Gasteiger charge is -2.09. The number of aromatic hydroxyl groups is 1. The Balaban J connectivity index is 3.12. The minimum Gasteiger partial charge on any atom is -0.504 e. The first-order valence-corrected chi connectivity index (χ1v) is 4.43. The Hall–Kier alpha value is -1.91. The van der Waals surface area contributed by atoms with Gasteiger partial charge in [-0.3, -0.25) is 0 Å². The summed E-state index contributed by atoms with van der Waals surface area (Å²) in [7, 11) is 1.39. The molecule has 0 aromatic heterocycles. The van der Waals surface area contributed by atoms with Crippen LogP contribution in [-0.2, 0) is 4.74 Å². The summed E-state index contributed by atoms with van der Waals surface area (Å²) in [5.74, 6) is -0.455. The van der Waals surface area contributed by atoms with Crippen molar-refractivity contribution in [3.8, 4) is 11.5 Å². The zero-order valence-electron chi connectivity index (χ0n) is 8.61. The molecule has 1 aromatic rings. The second-order valence-electron chi connectivity index (χ2n) is 2.83. The van der Waals surface area contributed by atoms with Crippen LogP contribution in [0.15, 0.2) is 12.1 Å². The van der Waals surface area contributed by atoms with E-state index in [2.05, 4.69) is 0 Å². The molecule has 0 heterocycles. The molecule has 0 unspecified atom stereocenters. The van der Waals surface area contributed by atoms with Crippen molar-refractivity contribution in [3.63, 3.8) is 0 Å². The van der Waals surface area contributed by atoms with Gasteiger partial charge in [0.2, 0.25) is 0 Å². The van der Waals surface area contributed by atoms with E-state index >= 15 is 0 Å². The van der Waals surface area contributed by atoms with E-state index in [-0.39, 0.29) is 29.4 Å². The molecule has 0 aliphatic rings. The lowest BCUT2D eigenvalue weighted by molar-refractivity contribution is 0.0527. The van der Waals surface area contributed by atoms with Crippen LogP contribution in [-0.4, -0.2) is 24.8 Å². The van der Waals surface area contributed by atoms with E-state index < -0.39 is 5.97 Å². The van der Waals surface area contributed by atoms with Crippen molar-refractivity contribution in [3.05, 3.63) is 17.7 Å². The third kappa shape index (κ3) is 2.31. The van der Waals surface area contributed by atoms with E-state index in [0.29, 0.717) is 0 Å². The molecule has 1 rings (SSSR count). The molecule has 0 radical (unpaired) electrons. The van der Waals surface area contributed by atoms with E-state index in [4.69, 9.17) is 15.2 Å². The first-order chi connectivity index (χ1) is 7.10. The molecule has 3 N–H and O–H groups in total. The van der Waals surface area contributed by atoms with Crippen LogP contribution >= 0.6 is 0 Å². The lowest BCUT2D eigenvalue weighted by Crippen LogP contribution is -2.08. The van der Waals surface area contributed by atoms with Crippen molar-refractivity contribution < 1.29 is 19.4 Å². The van der Waals surface area contributed by atoms with Crippen LogP contribution in [0.2, 0.25) is 0 Å². The molecular weight excluding hydrogens is 198 g/mol. The number of ether oxygens (including phenoxy) is 2. The van der Waals surface area contributed by atoms with Crippen LogP contribution in [0.25, 0.3) is 0 Å². The summed E-state index contributed by atoms with van der Waals surface area (Å²) in [6, 6.07) is 2.60. The van der Waals surface area contributed by atoms with E-state index in [0.717, 1.165) is 0 Å². The molecule has 0 bridgehead atoms. The number of anilines is 1. The topological polar surface area (TPSA) is 81.8 Å². The largest absolute Gasteiger partial charge is 0.504 e. The third-order valence-corrected chi connectivity index (χ3v) is 1.85. The number of phenols is 1. The first-order valence-electron chi connectivity index (χ1n) is 4.43. The molecule has 1 aromatic carbocycles. The number of benzene rings is 1. The van der Waals surface area contributed by atoms with Gasteiger partial charge >= 0.3 is 5.97 Å². The zero-order valence-corrected chi connectivity index (χ0v) is 8.61. The minimum absolute atomic E-state index is 0.108. The molecule has 0 saturated carbocycles. The van der Waals surface area contributed by atoms with Crippen molar-refractivity contribution in [1.82, 2.24) is 0 Å². The molecule has 0 aliphatic carbocycles. The van der Waals surface area contributed by atoms with Gasteiger partial charge in [0.05, 0.1) is 25.0 Å². The Labute approximate surface area is 87.4 Å². The van der Waals surface area contributed by atoms with Crippen LogP contribution in [0.5, 0.6) is 11.5 Å². The summed E-state index contributed by atoms with van der Waals surface area (Å²) >= 11 is 0. The molecule has 0 fully saturated rings. The minimum atomic E-state index is -0.534. The number of hydrogen-bond acceptors (Lipinski definition) is 5. The average Bonchev–Trinajstić information content (AvgIpc) is 2.18. The highest BCUT2D eigenvalue weighted by molar-refractivity contribution is 5.96. The molecule has 15 heavy (non-hydrogen) atoms. The summed E-state index contributed by atoms with van der Waals surface area (Å²) in [6.45, 7) is 1.97. The van der Waals surface area contributed by atoms with Crippen LogP contribution in [0, 0.1) is 0 Å². The second-order valence-corrected chi connectivity index (χ2v) is 2.83. The number of methoxy groups -OCH3 is 1. The summed E-state index contributed by atoms with van der Waals surface area (Å²) < 4.78 is 9.65. The normalized spacial score (nSPS) is 9.73. The molecule has 0 aliphatic heterocycles. The number of nitrogen functional groups attached to an aromatic ring is 1. The van der Waals surface area contributed by atoms with Crippen LogP contribution < -0.4 is 10.5 Å². The monoisotopic (exact) mass is 211 g/mol. The fourth-order valence-corrected chi connectivity index (χ4v) is 1.13. The summed E-state index contributed by atoms with van der Waals surface area (Å²) in [5, 5.41) is 9.37. The van der Waals surface area contributed by atoms with Gasteiger partial charge in [0, 0.05) is 12.1 Å². The van der Waals surface area contributed by atoms with Gasteiger partial charge in [0.15, 0.2) is 11.5 Å².